The molecule has 9 nitrogen and oxygen atoms in total. The van der Waals surface area contributed by atoms with Crippen molar-refractivity contribution in [3.8, 4) is 11.1 Å². The summed E-state index contributed by atoms with van der Waals surface area (Å²) in [7, 11) is -3.72. The van der Waals surface area contributed by atoms with E-state index in [4.69, 9.17) is 5.11 Å². The number of amides is 2. The van der Waals surface area contributed by atoms with Crippen molar-refractivity contribution in [3.05, 3.63) is 42.5 Å². The predicted molar refractivity (Wildman–Crippen MR) is 121 cm³/mol. The van der Waals surface area contributed by atoms with E-state index < -0.39 is 16.1 Å². The largest absolute Gasteiger partial charge is 0.465 e. The van der Waals surface area contributed by atoms with Gasteiger partial charge in [0.05, 0.1) is 28.9 Å². The Morgan fingerprint density at radius 3 is 2.34 bits per heavy atom. The number of aliphatic hydroxyl groups is 1. The maximum atomic E-state index is 12.7. The number of carbonyl (C=O) groups is 2. The van der Waals surface area contributed by atoms with Gasteiger partial charge in [-0.2, -0.15) is 0 Å². The molecule has 0 spiro atoms. The summed E-state index contributed by atoms with van der Waals surface area (Å²) in [5.74, 6) is -0.0519. The van der Waals surface area contributed by atoms with Crippen LogP contribution in [0.4, 0.5) is 16.2 Å². The van der Waals surface area contributed by atoms with Crippen LogP contribution in [0, 0.1) is 0 Å². The SMILES string of the molecule is CCCC(=O)N1c2ccc(-c3ccc(S(=O)(=O)NCCO)cc3)cc2N(C(=O)O)C[C@@H]1C. The number of rotatable bonds is 7. The first-order chi connectivity index (χ1) is 15.2. The molecule has 32 heavy (non-hydrogen) atoms. The summed E-state index contributed by atoms with van der Waals surface area (Å²) in [5.41, 5.74) is 2.35. The molecular formula is C22H27N3O6S. The molecular weight excluding hydrogens is 434 g/mol. The summed E-state index contributed by atoms with van der Waals surface area (Å²) in [4.78, 5) is 27.5. The van der Waals surface area contributed by atoms with E-state index in [1.165, 1.54) is 17.0 Å². The molecule has 3 N–H and O–H groups in total. The second-order valence-electron chi connectivity index (χ2n) is 7.61. The van der Waals surface area contributed by atoms with Crippen molar-refractivity contribution in [2.75, 3.05) is 29.5 Å². The number of nitrogens with one attached hydrogen (secondary N) is 1. The molecule has 172 valence electrons. The van der Waals surface area contributed by atoms with E-state index in [2.05, 4.69) is 4.72 Å². The summed E-state index contributed by atoms with van der Waals surface area (Å²) in [5, 5.41) is 18.5. The molecule has 1 heterocycles. The highest BCUT2D eigenvalue weighted by atomic mass is 32.2. The van der Waals surface area contributed by atoms with Gasteiger partial charge in [0.1, 0.15) is 0 Å². The molecule has 0 bridgehead atoms. The fourth-order valence-electron chi connectivity index (χ4n) is 3.79. The van der Waals surface area contributed by atoms with Crippen molar-refractivity contribution >= 4 is 33.4 Å². The third-order valence-corrected chi connectivity index (χ3v) is 6.76. The van der Waals surface area contributed by atoms with Gasteiger partial charge >= 0.3 is 6.09 Å². The van der Waals surface area contributed by atoms with Crippen LogP contribution >= 0.6 is 0 Å². The first-order valence-corrected chi connectivity index (χ1v) is 11.9. The standard InChI is InChI=1S/C22H27N3O6S/c1-3-4-21(27)25-15(2)14-24(22(28)29)20-13-17(7-10-19(20)25)16-5-8-18(9-6-16)32(30,31)23-11-12-26/h5-10,13,15,23,26H,3-4,11-12,14H2,1-2H3,(H,28,29)/t15-/m0/s1. The minimum Gasteiger partial charge on any atom is -0.465 e. The van der Waals surface area contributed by atoms with Crippen LogP contribution in [-0.4, -0.2) is 56.4 Å². The number of fused-ring (bicyclic) bond motifs is 1. The number of sulfonamides is 1. The topological polar surface area (TPSA) is 127 Å². The zero-order valence-corrected chi connectivity index (χ0v) is 18.8. The van der Waals surface area contributed by atoms with Gasteiger partial charge in [-0.25, -0.2) is 17.9 Å². The number of hydrogen-bond acceptors (Lipinski definition) is 5. The Kier molecular flexibility index (Phi) is 7.17. The lowest BCUT2D eigenvalue weighted by molar-refractivity contribution is -0.119. The molecule has 0 aromatic heterocycles. The van der Waals surface area contributed by atoms with Gasteiger partial charge in [0.15, 0.2) is 0 Å². The monoisotopic (exact) mass is 461 g/mol. The average Bonchev–Trinajstić information content (AvgIpc) is 2.77. The van der Waals surface area contributed by atoms with E-state index >= 15 is 0 Å². The molecule has 2 aromatic rings. The molecule has 1 aliphatic heterocycles. The lowest BCUT2D eigenvalue weighted by Gasteiger charge is -2.40. The first kappa shape index (κ1) is 23.7. The van der Waals surface area contributed by atoms with Crippen LogP contribution in [0.5, 0.6) is 0 Å². The van der Waals surface area contributed by atoms with E-state index in [1.54, 1.807) is 35.2 Å². The Morgan fingerprint density at radius 2 is 1.75 bits per heavy atom. The Balaban J connectivity index is 1.99. The number of carboxylic acid groups (broad SMARTS) is 1. The Morgan fingerprint density at radius 1 is 1.09 bits per heavy atom. The second-order valence-corrected chi connectivity index (χ2v) is 9.37. The third-order valence-electron chi connectivity index (χ3n) is 5.28. The normalized spacial score (nSPS) is 16.0. The molecule has 0 aliphatic carbocycles. The van der Waals surface area contributed by atoms with E-state index in [9.17, 15) is 23.1 Å². The highest BCUT2D eigenvalue weighted by molar-refractivity contribution is 7.89. The fourth-order valence-corrected chi connectivity index (χ4v) is 4.81. The number of aliphatic hydroxyl groups excluding tert-OH is 1. The zero-order chi connectivity index (χ0) is 23.5. The van der Waals surface area contributed by atoms with Crippen molar-refractivity contribution in [2.24, 2.45) is 0 Å². The van der Waals surface area contributed by atoms with Gasteiger partial charge < -0.3 is 15.1 Å². The number of anilines is 2. The van der Waals surface area contributed by atoms with Gasteiger partial charge in [0.2, 0.25) is 15.9 Å². The number of carbonyl (C=O) groups excluding carboxylic acids is 1. The lowest BCUT2D eigenvalue weighted by atomic mass is 10.0. The van der Waals surface area contributed by atoms with Crippen LogP contribution < -0.4 is 14.5 Å². The molecule has 0 saturated heterocycles. The van der Waals surface area contributed by atoms with Gasteiger partial charge in [-0.05, 0) is 48.7 Å². The molecule has 10 heteroatoms. The highest BCUT2D eigenvalue weighted by Crippen LogP contribution is 2.39. The van der Waals surface area contributed by atoms with Crippen molar-refractivity contribution in [2.45, 2.75) is 37.6 Å². The molecule has 3 rings (SSSR count). The Bertz CT molecular complexity index is 1100. The minimum atomic E-state index is -3.72. The second kappa shape index (κ2) is 9.68. The summed E-state index contributed by atoms with van der Waals surface area (Å²) in [6.45, 7) is 3.52. The van der Waals surface area contributed by atoms with Gasteiger partial charge in [-0.15, -0.1) is 0 Å². The molecule has 1 aliphatic rings. The Hall–Kier alpha value is -2.95. The summed E-state index contributed by atoms with van der Waals surface area (Å²) in [6.07, 6.45) is -0.0337. The number of hydrogen-bond donors (Lipinski definition) is 3. The van der Waals surface area contributed by atoms with E-state index in [-0.39, 0.29) is 36.5 Å². The van der Waals surface area contributed by atoms with Crippen molar-refractivity contribution in [1.29, 1.82) is 0 Å². The summed E-state index contributed by atoms with van der Waals surface area (Å²) >= 11 is 0. The highest BCUT2D eigenvalue weighted by Gasteiger charge is 2.34. The van der Waals surface area contributed by atoms with Gasteiger partial charge in [0.25, 0.3) is 0 Å². The van der Waals surface area contributed by atoms with Crippen molar-refractivity contribution in [1.82, 2.24) is 4.72 Å². The van der Waals surface area contributed by atoms with Crippen LogP contribution in [0.25, 0.3) is 11.1 Å². The maximum absolute atomic E-state index is 12.7. The lowest BCUT2D eigenvalue weighted by Crippen LogP contribution is -2.51. The third kappa shape index (κ3) is 4.77. The quantitative estimate of drug-likeness (QED) is 0.582. The molecule has 2 aromatic carbocycles. The smallest absolute Gasteiger partial charge is 0.411 e. The first-order valence-electron chi connectivity index (χ1n) is 10.4. The minimum absolute atomic E-state index is 0.0519. The Labute approximate surface area is 187 Å². The molecule has 1 atom stereocenters. The van der Waals surface area contributed by atoms with Crippen molar-refractivity contribution < 1.29 is 28.2 Å². The predicted octanol–water partition coefficient (Wildman–Crippen LogP) is 2.64. The van der Waals surface area contributed by atoms with E-state index in [0.29, 0.717) is 35.3 Å². The fraction of sp³-hybridized carbons (Fsp3) is 0.364. The van der Waals surface area contributed by atoms with Crippen LogP contribution in [0.15, 0.2) is 47.4 Å². The number of nitrogens with zero attached hydrogens (tertiary/aromatic N) is 2. The summed E-state index contributed by atoms with van der Waals surface area (Å²) in [6, 6.07) is 11.1. The molecule has 0 fully saturated rings. The van der Waals surface area contributed by atoms with Gasteiger partial charge in [-0.3, -0.25) is 9.69 Å². The molecule has 0 saturated carbocycles. The van der Waals surface area contributed by atoms with Gasteiger partial charge in [0, 0.05) is 19.5 Å². The average molecular weight is 462 g/mol. The molecule has 2 amide bonds. The molecule has 0 radical (unpaired) electrons. The van der Waals surface area contributed by atoms with Crippen LogP contribution in [0.2, 0.25) is 0 Å². The van der Waals surface area contributed by atoms with Crippen LogP contribution in [0.3, 0.4) is 0 Å². The zero-order valence-electron chi connectivity index (χ0n) is 18.0. The van der Waals surface area contributed by atoms with Crippen LogP contribution in [-0.2, 0) is 14.8 Å². The summed E-state index contributed by atoms with van der Waals surface area (Å²) < 4.78 is 26.7. The van der Waals surface area contributed by atoms with E-state index in [1.807, 2.05) is 13.8 Å². The van der Waals surface area contributed by atoms with E-state index in [0.717, 1.165) is 0 Å². The maximum Gasteiger partial charge on any atom is 0.411 e. The van der Waals surface area contributed by atoms with Gasteiger partial charge in [-0.1, -0.05) is 25.1 Å². The number of benzene rings is 2. The molecule has 0 unspecified atom stereocenters. The van der Waals surface area contributed by atoms with Crippen LogP contribution in [0.1, 0.15) is 26.7 Å². The van der Waals surface area contributed by atoms with Crippen molar-refractivity contribution in [3.63, 3.8) is 0 Å².